The summed E-state index contributed by atoms with van der Waals surface area (Å²) in [5.74, 6) is 0.180. The van der Waals surface area contributed by atoms with E-state index in [1.165, 1.54) is 7.11 Å². The molecule has 5 nitrogen and oxygen atoms in total. The Morgan fingerprint density at radius 1 is 1.39 bits per heavy atom. The Labute approximate surface area is 105 Å². The van der Waals surface area contributed by atoms with E-state index in [0.717, 1.165) is 11.3 Å². The molecule has 0 aliphatic carbocycles. The highest BCUT2D eigenvalue weighted by molar-refractivity contribution is 5.89. The number of hydrogen-bond donors (Lipinski definition) is 1. The third-order valence-corrected chi connectivity index (χ3v) is 2.71. The molecule has 1 heterocycles. The summed E-state index contributed by atoms with van der Waals surface area (Å²) in [6.45, 7) is 2.58. The molecule has 0 aliphatic heterocycles. The van der Waals surface area contributed by atoms with Gasteiger partial charge in [-0.3, -0.25) is 4.68 Å². The van der Waals surface area contributed by atoms with Crippen LogP contribution >= 0.6 is 0 Å². The van der Waals surface area contributed by atoms with Gasteiger partial charge in [0.1, 0.15) is 5.82 Å². The maximum Gasteiger partial charge on any atom is 0.337 e. The number of aryl methyl sites for hydroxylation is 1. The van der Waals surface area contributed by atoms with Crippen LogP contribution in [0.5, 0.6) is 0 Å². The van der Waals surface area contributed by atoms with Crippen molar-refractivity contribution >= 4 is 11.8 Å². The van der Waals surface area contributed by atoms with E-state index in [9.17, 15) is 4.79 Å². The highest BCUT2D eigenvalue weighted by atomic mass is 16.5. The zero-order valence-electron chi connectivity index (χ0n) is 10.4. The van der Waals surface area contributed by atoms with Crippen LogP contribution in [0.25, 0.3) is 0 Å². The van der Waals surface area contributed by atoms with Crippen LogP contribution in [-0.2, 0) is 11.3 Å². The lowest BCUT2D eigenvalue weighted by Gasteiger charge is -2.05. The standard InChI is InChI=1S/C13H15N3O2/c1-9-7-12(14)15-16(9)8-10-3-5-11(6-4-10)13(17)18-2/h3-7H,8H2,1-2H3,(H2,14,15). The Morgan fingerprint density at radius 3 is 2.56 bits per heavy atom. The van der Waals surface area contributed by atoms with Gasteiger partial charge >= 0.3 is 5.97 Å². The Bertz CT molecular complexity index is 558. The van der Waals surface area contributed by atoms with E-state index >= 15 is 0 Å². The molecule has 1 aromatic carbocycles. The molecule has 2 aromatic rings. The van der Waals surface area contributed by atoms with Crippen LogP contribution in [-0.4, -0.2) is 22.9 Å². The van der Waals surface area contributed by atoms with Crippen molar-refractivity contribution < 1.29 is 9.53 Å². The van der Waals surface area contributed by atoms with Crippen molar-refractivity contribution in [2.45, 2.75) is 13.5 Å². The highest BCUT2D eigenvalue weighted by Crippen LogP contribution is 2.10. The molecular formula is C13H15N3O2. The van der Waals surface area contributed by atoms with Gasteiger partial charge in [0.15, 0.2) is 0 Å². The van der Waals surface area contributed by atoms with Crippen LogP contribution in [0.4, 0.5) is 5.82 Å². The minimum absolute atomic E-state index is 0.332. The second-order valence-corrected chi connectivity index (χ2v) is 4.06. The summed E-state index contributed by atoms with van der Waals surface area (Å²) in [6.07, 6.45) is 0. The number of methoxy groups -OCH3 is 1. The van der Waals surface area contributed by atoms with Gasteiger partial charge in [0.05, 0.1) is 19.2 Å². The van der Waals surface area contributed by atoms with Gasteiger partial charge in [-0.05, 0) is 24.6 Å². The number of nitrogen functional groups attached to an aromatic ring is 1. The minimum Gasteiger partial charge on any atom is -0.465 e. The predicted octanol–water partition coefficient (Wildman–Crippen LogP) is 1.61. The van der Waals surface area contributed by atoms with Crippen LogP contribution in [0.1, 0.15) is 21.6 Å². The maximum absolute atomic E-state index is 11.3. The van der Waals surface area contributed by atoms with E-state index in [1.807, 2.05) is 29.8 Å². The quantitative estimate of drug-likeness (QED) is 0.834. The Hall–Kier alpha value is -2.30. The van der Waals surface area contributed by atoms with E-state index in [1.54, 1.807) is 12.1 Å². The number of ether oxygens (including phenoxy) is 1. The summed E-state index contributed by atoms with van der Waals surface area (Å²) in [4.78, 5) is 11.3. The first-order valence-corrected chi connectivity index (χ1v) is 5.57. The van der Waals surface area contributed by atoms with E-state index in [2.05, 4.69) is 9.84 Å². The number of anilines is 1. The van der Waals surface area contributed by atoms with Gasteiger partial charge < -0.3 is 10.5 Å². The molecule has 2 rings (SSSR count). The van der Waals surface area contributed by atoms with Gasteiger partial charge in [-0.15, -0.1) is 0 Å². The first kappa shape index (κ1) is 12.2. The Balaban J connectivity index is 2.16. The predicted molar refractivity (Wildman–Crippen MR) is 68.3 cm³/mol. The molecule has 2 N–H and O–H groups in total. The monoisotopic (exact) mass is 245 g/mol. The van der Waals surface area contributed by atoms with E-state index in [-0.39, 0.29) is 5.97 Å². The van der Waals surface area contributed by atoms with Crippen molar-refractivity contribution in [3.8, 4) is 0 Å². The molecule has 0 radical (unpaired) electrons. The Morgan fingerprint density at radius 2 is 2.06 bits per heavy atom. The second kappa shape index (κ2) is 4.91. The van der Waals surface area contributed by atoms with Crippen molar-refractivity contribution in [2.24, 2.45) is 0 Å². The first-order valence-electron chi connectivity index (χ1n) is 5.57. The van der Waals surface area contributed by atoms with Crippen LogP contribution in [0.2, 0.25) is 0 Å². The molecule has 0 aliphatic rings. The summed E-state index contributed by atoms with van der Waals surface area (Å²) in [5, 5.41) is 4.18. The molecule has 0 amide bonds. The molecule has 94 valence electrons. The molecule has 0 saturated carbocycles. The average Bonchev–Trinajstić information content (AvgIpc) is 2.68. The van der Waals surface area contributed by atoms with Crippen LogP contribution in [0, 0.1) is 6.92 Å². The summed E-state index contributed by atoms with van der Waals surface area (Å²) < 4.78 is 6.47. The SMILES string of the molecule is COC(=O)c1ccc(Cn2nc(N)cc2C)cc1. The number of aromatic nitrogens is 2. The minimum atomic E-state index is -0.332. The molecule has 0 spiro atoms. The van der Waals surface area contributed by atoms with Crippen LogP contribution < -0.4 is 5.73 Å². The van der Waals surface area contributed by atoms with Gasteiger partial charge in [-0.25, -0.2) is 4.79 Å². The third kappa shape index (κ3) is 2.51. The molecule has 0 saturated heterocycles. The number of nitrogens with zero attached hydrogens (tertiary/aromatic N) is 2. The summed E-state index contributed by atoms with van der Waals surface area (Å²) in [5.41, 5.74) is 8.22. The number of carbonyl (C=O) groups is 1. The maximum atomic E-state index is 11.3. The fourth-order valence-corrected chi connectivity index (χ4v) is 1.73. The molecule has 0 atom stereocenters. The largest absolute Gasteiger partial charge is 0.465 e. The smallest absolute Gasteiger partial charge is 0.337 e. The van der Waals surface area contributed by atoms with Gasteiger partial charge in [-0.1, -0.05) is 12.1 Å². The lowest BCUT2D eigenvalue weighted by atomic mass is 10.1. The lowest BCUT2D eigenvalue weighted by Crippen LogP contribution is -2.05. The fourth-order valence-electron chi connectivity index (χ4n) is 1.73. The topological polar surface area (TPSA) is 70.1 Å². The zero-order valence-corrected chi connectivity index (χ0v) is 10.4. The molecule has 5 heteroatoms. The molecule has 1 aromatic heterocycles. The van der Waals surface area contributed by atoms with Gasteiger partial charge in [0, 0.05) is 11.8 Å². The Kier molecular flexibility index (Phi) is 3.32. The normalized spacial score (nSPS) is 10.3. The highest BCUT2D eigenvalue weighted by Gasteiger charge is 2.06. The van der Waals surface area contributed by atoms with Crippen molar-refractivity contribution in [3.63, 3.8) is 0 Å². The molecule has 0 fully saturated rings. The number of esters is 1. The van der Waals surface area contributed by atoms with Crippen LogP contribution in [0.15, 0.2) is 30.3 Å². The number of hydrogen-bond acceptors (Lipinski definition) is 4. The number of nitrogens with two attached hydrogens (primary N) is 1. The van der Waals surface area contributed by atoms with Crippen LogP contribution in [0.3, 0.4) is 0 Å². The summed E-state index contributed by atoms with van der Waals surface area (Å²) in [6, 6.07) is 9.06. The molecular weight excluding hydrogens is 230 g/mol. The van der Waals surface area contributed by atoms with E-state index in [0.29, 0.717) is 17.9 Å². The summed E-state index contributed by atoms with van der Waals surface area (Å²) >= 11 is 0. The summed E-state index contributed by atoms with van der Waals surface area (Å²) in [7, 11) is 1.37. The van der Waals surface area contributed by atoms with Gasteiger partial charge in [-0.2, -0.15) is 5.10 Å². The molecule has 18 heavy (non-hydrogen) atoms. The number of rotatable bonds is 3. The average molecular weight is 245 g/mol. The fraction of sp³-hybridized carbons (Fsp3) is 0.231. The number of carbonyl (C=O) groups excluding carboxylic acids is 1. The van der Waals surface area contributed by atoms with Crippen molar-refractivity contribution in [1.82, 2.24) is 9.78 Å². The van der Waals surface area contributed by atoms with Crippen molar-refractivity contribution in [1.29, 1.82) is 0 Å². The van der Waals surface area contributed by atoms with Crippen molar-refractivity contribution in [2.75, 3.05) is 12.8 Å². The van der Waals surface area contributed by atoms with Gasteiger partial charge in [0.2, 0.25) is 0 Å². The lowest BCUT2D eigenvalue weighted by molar-refractivity contribution is 0.0600. The van der Waals surface area contributed by atoms with E-state index < -0.39 is 0 Å². The van der Waals surface area contributed by atoms with E-state index in [4.69, 9.17) is 5.73 Å². The third-order valence-electron chi connectivity index (χ3n) is 2.71. The number of benzene rings is 1. The second-order valence-electron chi connectivity index (χ2n) is 4.06. The molecule has 0 bridgehead atoms. The zero-order chi connectivity index (χ0) is 13.1. The first-order chi connectivity index (χ1) is 8.60. The van der Waals surface area contributed by atoms with Crippen molar-refractivity contribution in [3.05, 3.63) is 47.2 Å². The molecule has 0 unspecified atom stereocenters. The van der Waals surface area contributed by atoms with Gasteiger partial charge in [0.25, 0.3) is 0 Å².